The van der Waals surface area contributed by atoms with Crippen LogP contribution in [0.1, 0.15) is 17.4 Å². The maximum absolute atomic E-state index is 11.6. The van der Waals surface area contributed by atoms with Gasteiger partial charge in [0, 0.05) is 0 Å². The van der Waals surface area contributed by atoms with Crippen molar-refractivity contribution in [2.45, 2.75) is 6.92 Å². The molecule has 5 nitrogen and oxygen atoms in total. The molecule has 0 bridgehead atoms. The molecule has 0 amide bonds. The van der Waals surface area contributed by atoms with Crippen LogP contribution in [0.25, 0.3) is 5.69 Å². The Balaban J connectivity index is 2.41. The molecule has 2 rings (SSSR count). The summed E-state index contributed by atoms with van der Waals surface area (Å²) in [5, 5.41) is 13.9. The maximum Gasteiger partial charge on any atom is 0.360 e. The summed E-state index contributed by atoms with van der Waals surface area (Å²) < 4.78 is 6.16. The van der Waals surface area contributed by atoms with Crippen molar-refractivity contribution in [3.05, 3.63) is 41.2 Å². The van der Waals surface area contributed by atoms with Crippen LogP contribution in [0.2, 0.25) is 5.02 Å². The molecule has 1 aromatic heterocycles. The highest BCUT2D eigenvalue weighted by atomic mass is 35.5. The SMILES string of the molecule is CCOC(=O)c1nn(-c2ccccc2O)cc1Cl. The van der Waals surface area contributed by atoms with Crippen molar-refractivity contribution < 1.29 is 14.6 Å². The Hall–Kier alpha value is -2.01. The van der Waals surface area contributed by atoms with Gasteiger partial charge in [0.1, 0.15) is 11.4 Å². The molecule has 94 valence electrons. The Morgan fingerprint density at radius 3 is 2.89 bits per heavy atom. The number of nitrogens with zero attached hydrogens (tertiary/aromatic N) is 2. The standard InChI is InChI=1S/C12H11ClN2O3/c1-2-18-12(17)11-8(13)7-15(14-11)9-5-3-4-6-10(9)16/h3-7,16H,2H2,1H3. The highest BCUT2D eigenvalue weighted by molar-refractivity contribution is 6.33. The smallest absolute Gasteiger partial charge is 0.360 e. The summed E-state index contributed by atoms with van der Waals surface area (Å²) in [4.78, 5) is 11.6. The highest BCUT2D eigenvalue weighted by Crippen LogP contribution is 2.23. The molecule has 0 aliphatic rings. The van der Waals surface area contributed by atoms with Gasteiger partial charge in [0.05, 0.1) is 17.8 Å². The number of phenolic OH excluding ortho intramolecular Hbond substituents is 1. The van der Waals surface area contributed by atoms with Gasteiger partial charge in [-0.2, -0.15) is 5.10 Å². The number of hydrogen-bond acceptors (Lipinski definition) is 4. The van der Waals surface area contributed by atoms with Crippen molar-refractivity contribution in [3.8, 4) is 11.4 Å². The zero-order valence-electron chi connectivity index (χ0n) is 9.63. The van der Waals surface area contributed by atoms with Gasteiger partial charge in [0.2, 0.25) is 0 Å². The van der Waals surface area contributed by atoms with Crippen LogP contribution in [0, 0.1) is 0 Å². The van der Waals surface area contributed by atoms with Crippen LogP contribution < -0.4 is 0 Å². The zero-order chi connectivity index (χ0) is 13.1. The Morgan fingerprint density at radius 2 is 2.22 bits per heavy atom. The summed E-state index contributed by atoms with van der Waals surface area (Å²) in [7, 11) is 0. The molecule has 0 spiro atoms. The second-order valence-electron chi connectivity index (χ2n) is 3.48. The van der Waals surface area contributed by atoms with Crippen molar-refractivity contribution in [2.75, 3.05) is 6.61 Å². The number of para-hydroxylation sites is 2. The minimum absolute atomic E-state index is 0.0294. The van der Waals surface area contributed by atoms with E-state index in [4.69, 9.17) is 16.3 Å². The molecule has 2 aromatic rings. The highest BCUT2D eigenvalue weighted by Gasteiger charge is 2.18. The third kappa shape index (κ3) is 2.31. The van der Waals surface area contributed by atoms with Crippen molar-refractivity contribution in [1.82, 2.24) is 9.78 Å². The molecule has 0 fully saturated rings. The number of ether oxygens (including phenoxy) is 1. The largest absolute Gasteiger partial charge is 0.506 e. The van der Waals surface area contributed by atoms with E-state index in [1.54, 1.807) is 25.1 Å². The van der Waals surface area contributed by atoms with Crippen LogP contribution >= 0.6 is 11.6 Å². The summed E-state index contributed by atoms with van der Waals surface area (Å²) >= 11 is 5.91. The van der Waals surface area contributed by atoms with Crippen molar-refractivity contribution in [2.24, 2.45) is 0 Å². The van der Waals surface area contributed by atoms with Crippen LogP contribution in [0.5, 0.6) is 5.75 Å². The molecule has 1 heterocycles. The van der Waals surface area contributed by atoms with Gasteiger partial charge in [-0.3, -0.25) is 0 Å². The van der Waals surface area contributed by atoms with Gasteiger partial charge in [0.25, 0.3) is 0 Å². The molecule has 1 aromatic carbocycles. The van der Waals surface area contributed by atoms with E-state index in [2.05, 4.69) is 5.10 Å². The first-order chi connectivity index (χ1) is 8.63. The number of hydrogen-bond donors (Lipinski definition) is 1. The first kappa shape index (κ1) is 12.4. The molecule has 0 atom stereocenters. The maximum atomic E-state index is 11.6. The van der Waals surface area contributed by atoms with Gasteiger partial charge in [-0.1, -0.05) is 23.7 Å². The molecule has 0 aliphatic heterocycles. The molecule has 0 unspecified atom stereocenters. The molecule has 6 heteroatoms. The lowest BCUT2D eigenvalue weighted by Gasteiger charge is -2.03. The summed E-state index contributed by atoms with van der Waals surface area (Å²) in [6.07, 6.45) is 1.45. The number of rotatable bonds is 3. The number of benzene rings is 1. The van der Waals surface area contributed by atoms with Crippen LogP contribution in [-0.4, -0.2) is 27.5 Å². The number of carbonyl (C=O) groups excluding carboxylic acids is 1. The predicted molar refractivity (Wildman–Crippen MR) is 66.2 cm³/mol. The second kappa shape index (κ2) is 5.10. The normalized spacial score (nSPS) is 10.3. The van der Waals surface area contributed by atoms with Gasteiger partial charge >= 0.3 is 5.97 Å². The van der Waals surface area contributed by atoms with Crippen LogP contribution in [0.4, 0.5) is 0 Å². The van der Waals surface area contributed by atoms with E-state index < -0.39 is 5.97 Å². The van der Waals surface area contributed by atoms with Crippen molar-refractivity contribution >= 4 is 17.6 Å². The number of aromatic nitrogens is 2. The lowest BCUT2D eigenvalue weighted by atomic mass is 10.3. The summed E-state index contributed by atoms with van der Waals surface area (Å²) in [6, 6.07) is 6.62. The lowest BCUT2D eigenvalue weighted by Crippen LogP contribution is -2.07. The predicted octanol–water partition coefficient (Wildman–Crippen LogP) is 2.41. The van der Waals surface area contributed by atoms with E-state index in [0.29, 0.717) is 5.69 Å². The first-order valence-corrected chi connectivity index (χ1v) is 5.72. The zero-order valence-corrected chi connectivity index (χ0v) is 10.4. The molecule has 0 radical (unpaired) electrons. The topological polar surface area (TPSA) is 64.3 Å². The molecular weight excluding hydrogens is 256 g/mol. The third-order valence-electron chi connectivity index (χ3n) is 2.27. The molecule has 0 saturated carbocycles. The average Bonchev–Trinajstić information content (AvgIpc) is 2.72. The molecule has 0 saturated heterocycles. The Labute approximate surface area is 109 Å². The van der Waals surface area contributed by atoms with E-state index >= 15 is 0 Å². The monoisotopic (exact) mass is 266 g/mol. The Kier molecular flexibility index (Phi) is 3.53. The van der Waals surface area contributed by atoms with E-state index in [-0.39, 0.29) is 23.1 Å². The van der Waals surface area contributed by atoms with E-state index in [1.165, 1.54) is 16.9 Å². The lowest BCUT2D eigenvalue weighted by molar-refractivity contribution is 0.0519. The van der Waals surface area contributed by atoms with Gasteiger partial charge in [-0.25, -0.2) is 9.48 Å². The van der Waals surface area contributed by atoms with Gasteiger partial charge in [-0.05, 0) is 19.1 Å². The minimum atomic E-state index is -0.586. The number of carbonyl (C=O) groups is 1. The van der Waals surface area contributed by atoms with Gasteiger partial charge in [-0.15, -0.1) is 0 Å². The van der Waals surface area contributed by atoms with Gasteiger partial charge < -0.3 is 9.84 Å². The molecule has 18 heavy (non-hydrogen) atoms. The van der Waals surface area contributed by atoms with Crippen LogP contribution in [0.15, 0.2) is 30.5 Å². The Bertz CT molecular complexity index is 580. The number of aromatic hydroxyl groups is 1. The van der Waals surface area contributed by atoms with Crippen molar-refractivity contribution in [1.29, 1.82) is 0 Å². The quantitative estimate of drug-likeness (QED) is 0.867. The van der Waals surface area contributed by atoms with E-state index in [9.17, 15) is 9.90 Å². The number of esters is 1. The second-order valence-corrected chi connectivity index (χ2v) is 3.89. The fourth-order valence-electron chi connectivity index (χ4n) is 1.47. The molecule has 1 N–H and O–H groups in total. The minimum Gasteiger partial charge on any atom is -0.506 e. The summed E-state index contributed by atoms with van der Waals surface area (Å²) in [5.74, 6) is -0.538. The third-order valence-corrected chi connectivity index (χ3v) is 2.54. The van der Waals surface area contributed by atoms with Crippen LogP contribution in [0.3, 0.4) is 0 Å². The molecule has 0 aliphatic carbocycles. The summed E-state index contributed by atoms with van der Waals surface area (Å²) in [5.41, 5.74) is 0.469. The fourth-order valence-corrected chi connectivity index (χ4v) is 1.68. The van der Waals surface area contributed by atoms with Crippen molar-refractivity contribution in [3.63, 3.8) is 0 Å². The number of halogens is 1. The summed E-state index contributed by atoms with van der Waals surface area (Å²) in [6.45, 7) is 1.95. The molecular formula is C12H11ClN2O3. The van der Waals surface area contributed by atoms with E-state index in [1.807, 2.05) is 0 Å². The number of phenols is 1. The first-order valence-electron chi connectivity index (χ1n) is 5.34. The fraction of sp³-hybridized carbons (Fsp3) is 0.167. The Morgan fingerprint density at radius 1 is 1.50 bits per heavy atom. The average molecular weight is 267 g/mol. The van der Waals surface area contributed by atoms with E-state index in [0.717, 1.165) is 0 Å². The van der Waals surface area contributed by atoms with Crippen LogP contribution in [-0.2, 0) is 4.74 Å². The van der Waals surface area contributed by atoms with Gasteiger partial charge in [0.15, 0.2) is 5.69 Å².